The van der Waals surface area contributed by atoms with E-state index in [1.165, 1.54) is 30.5 Å². The molecular weight excluding hydrogens is 268 g/mol. The predicted octanol–water partition coefficient (Wildman–Crippen LogP) is 2.71. The lowest BCUT2D eigenvalue weighted by atomic mass is 9.94. The topological polar surface area (TPSA) is 33.1 Å². The van der Waals surface area contributed by atoms with E-state index in [9.17, 15) is 0 Å². The number of imidazole rings is 1. The van der Waals surface area contributed by atoms with Gasteiger partial charge in [0.05, 0.1) is 11.9 Å². The second-order valence-electron chi connectivity index (χ2n) is 5.63. The van der Waals surface area contributed by atoms with E-state index in [4.69, 9.17) is 0 Å². The molecule has 0 fully saturated rings. The zero-order chi connectivity index (χ0) is 14.1. The van der Waals surface area contributed by atoms with Crippen LogP contribution in [0.4, 0.5) is 5.95 Å². The summed E-state index contributed by atoms with van der Waals surface area (Å²) in [6.07, 6.45) is 5.75. The minimum Gasteiger partial charge on any atom is -0.348 e. The lowest BCUT2D eigenvalue weighted by Crippen LogP contribution is -2.25. The molecule has 2 aromatic heterocycles. The van der Waals surface area contributed by atoms with Crippen molar-refractivity contribution >= 4 is 17.3 Å². The highest BCUT2D eigenvalue weighted by atomic mass is 32.1. The van der Waals surface area contributed by atoms with Gasteiger partial charge in [-0.2, -0.15) is 0 Å². The van der Waals surface area contributed by atoms with Gasteiger partial charge in [0.25, 0.3) is 0 Å². The van der Waals surface area contributed by atoms with E-state index in [1.807, 2.05) is 36.5 Å². The Balaban J connectivity index is 1.69. The van der Waals surface area contributed by atoms with Crippen molar-refractivity contribution in [3.63, 3.8) is 0 Å². The summed E-state index contributed by atoms with van der Waals surface area (Å²) in [4.78, 5) is 8.07. The van der Waals surface area contributed by atoms with Gasteiger partial charge in [0.1, 0.15) is 0 Å². The number of fused-ring (bicyclic) bond motifs is 1. The van der Waals surface area contributed by atoms with Gasteiger partial charge in [-0.3, -0.25) is 0 Å². The SMILES string of the molecule is CN(C)c1ncc(CNC2CCCc3sccc32)n1C. The standard InChI is InChI=1S/C15H22N4S/c1-18(2)15-17-10-11(19(15)3)9-16-13-5-4-6-14-12(13)7-8-20-14/h7-8,10,13,16H,4-6,9H2,1-3H3. The van der Waals surface area contributed by atoms with Crippen molar-refractivity contribution in [2.24, 2.45) is 7.05 Å². The van der Waals surface area contributed by atoms with Crippen molar-refractivity contribution in [3.05, 3.63) is 33.8 Å². The number of rotatable bonds is 4. The summed E-state index contributed by atoms with van der Waals surface area (Å²) < 4.78 is 2.16. The molecule has 1 N–H and O–H groups in total. The molecule has 2 aromatic rings. The van der Waals surface area contributed by atoms with Crippen LogP contribution in [-0.4, -0.2) is 23.6 Å². The minimum atomic E-state index is 0.503. The fraction of sp³-hybridized carbons (Fsp3) is 0.533. The van der Waals surface area contributed by atoms with Gasteiger partial charge < -0.3 is 14.8 Å². The van der Waals surface area contributed by atoms with Crippen molar-refractivity contribution in [2.45, 2.75) is 31.8 Å². The molecule has 0 saturated carbocycles. The smallest absolute Gasteiger partial charge is 0.204 e. The predicted molar refractivity (Wildman–Crippen MR) is 84.4 cm³/mol. The third kappa shape index (κ3) is 2.47. The Labute approximate surface area is 124 Å². The molecule has 5 heteroatoms. The maximum Gasteiger partial charge on any atom is 0.204 e. The number of hydrogen-bond donors (Lipinski definition) is 1. The van der Waals surface area contributed by atoms with Crippen molar-refractivity contribution < 1.29 is 0 Å². The van der Waals surface area contributed by atoms with Crippen LogP contribution in [0, 0.1) is 0 Å². The molecule has 0 spiro atoms. The molecule has 0 bridgehead atoms. The van der Waals surface area contributed by atoms with E-state index in [2.05, 4.69) is 33.4 Å². The molecule has 1 aliphatic rings. The first-order valence-electron chi connectivity index (χ1n) is 7.14. The second-order valence-corrected chi connectivity index (χ2v) is 6.63. The maximum atomic E-state index is 4.46. The van der Waals surface area contributed by atoms with Crippen molar-refractivity contribution in [1.29, 1.82) is 0 Å². The number of hydrogen-bond acceptors (Lipinski definition) is 4. The number of thiophene rings is 1. The van der Waals surface area contributed by atoms with E-state index in [0.29, 0.717) is 6.04 Å². The summed E-state index contributed by atoms with van der Waals surface area (Å²) in [5.74, 6) is 1.00. The monoisotopic (exact) mass is 290 g/mol. The first-order chi connectivity index (χ1) is 9.66. The Morgan fingerprint density at radius 1 is 1.50 bits per heavy atom. The number of anilines is 1. The molecule has 1 aliphatic carbocycles. The number of aromatic nitrogens is 2. The normalized spacial score (nSPS) is 18.1. The minimum absolute atomic E-state index is 0.503. The molecule has 0 aliphatic heterocycles. The molecule has 0 aromatic carbocycles. The van der Waals surface area contributed by atoms with Crippen molar-refractivity contribution in [1.82, 2.24) is 14.9 Å². The first-order valence-corrected chi connectivity index (χ1v) is 8.02. The van der Waals surface area contributed by atoms with E-state index < -0.39 is 0 Å². The first kappa shape index (κ1) is 13.6. The number of nitrogens with one attached hydrogen (secondary N) is 1. The Hall–Kier alpha value is -1.33. The lowest BCUT2D eigenvalue weighted by molar-refractivity contribution is 0.457. The molecule has 0 radical (unpaired) electrons. The molecule has 0 amide bonds. The third-order valence-electron chi connectivity index (χ3n) is 4.04. The summed E-state index contributed by atoms with van der Waals surface area (Å²) in [6, 6.07) is 2.79. The summed E-state index contributed by atoms with van der Waals surface area (Å²) in [5.41, 5.74) is 2.74. The zero-order valence-corrected chi connectivity index (χ0v) is 13.2. The zero-order valence-electron chi connectivity index (χ0n) is 12.4. The van der Waals surface area contributed by atoms with Crippen LogP contribution >= 0.6 is 11.3 Å². The maximum absolute atomic E-state index is 4.46. The van der Waals surface area contributed by atoms with Gasteiger partial charge in [-0.15, -0.1) is 11.3 Å². The lowest BCUT2D eigenvalue weighted by Gasteiger charge is -2.24. The van der Waals surface area contributed by atoms with E-state index >= 15 is 0 Å². The Morgan fingerprint density at radius 2 is 2.35 bits per heavy atom. The van der Waals surface area contributed by atoms with Gasteiger partial charge in [0.15, 0.2) is 0 Å². The third-order valence-corrected chi connectivity index (χ3v) is 5.04. The van der Waals surface area contributed by atoms with Crippen LogP contribution < -0.4 is 10.2 Å². The Morgan fingerprint density at radius 3 is 3.10 bits per heavy atom. The van der Waals surface area contributed by atoms with Crippen molar-refractivity contribution in [3.8, 4) is 0 Å². The summed E-state index contributed by atoms with van der Waals surface area (Å²) in [6.45, 7) is 0.872. The summed E-state index contributed by atoms with van der Waals surface area (Å²) >= 11 is 1.90. The van der Waals surface area contributed by atoms with Gasteiger partial charge >= 0.3 is 0 Å². The highest BCUT2D eigenvalue weighted by molar-refractivity contribution is 7.10. The van der Waals surface area contributed by atoms with Gasteiger partial charge in [-0.25, -0.2) is 4.98 Å². The summed E-state index contributed by atoms with van der Waals surface area (Å²) in [5, 5.41) is 5.92. The van der Waals surface area contributed by atoms with Gasteiger partial charge in [0, 0.05) is 38.6 Å². The second kappa shape index (κ2) is 5.58. The van der Waals surface area contributed by atoms with Gasteiger partial charge in [-0.1, -0.05) is 0 Å². The Bertz CT molecular complexity index is 584. The number of nitrogens with zero attached hydrogens (tertiary/aromatic N) is 3. The summed E-state index contributed by atoms with van der Waals surface area (Å²) in [7, 11) is 6.13. The molecule has 4 nitrogen and oxygen atoms in total. The van der Waals surface area contributed by atoms with Crippen LogP contribution in [0.15, 0.2) is 17.6 Å². The van der Waals surface area contributed by atoms with Gasteiger partial charge in [-0.05, 0) is 36.3 Å². The fourth-order valence-corrected chi connectivity index (χ4v) is 3.93. The molecule has 1 unspecified atom stereocenters. The van der Waals surface area contributed by atoms with E-state index in [1.54, 1.807) is 4.88 Å². The van der Waals surface area contributed by atoms with E-state index in [-0.39, 0.29) is 0 Å². The molecule has 1 atom stereocenters. The van der Waals surface area contributed by atoms with Crippen LogP contribution in [0.1, 0.15) is 35.0 Å². The molecular formula is C15H22N4S. The van der Waals surface area contributed by atoms with Crippen LogP contribution in [0.5, 0.6) is 0 Å². The average Bonchev–Trinajstić information content (AvgIpc) is 3.03. The molecule has 108 valence electrons. The molecule has 0 saturated heterocycles. The van der Waals surface area contributed by atoms with Crippen LogP contribution in [0.3, 0.4) is 0 Å². The largest absolute Gasteiger partial charge is 0.348 e. The molecule has 3 rings (SSSR count). The fourth-order valence-electron chi connectivity index (χ4n) is 2.94. The van der Waals surface area contributed by atoms with Gasteiger partial charge in [0.2, 0.25) is 5.95 Å². The van der Waals surface area contributed by atoms with E-state index in [0.717, 1.165) is 12.5 Å². The van der Waals surface area contributed by atoms with Crippen LogP contribution in [-0.2, 0) is 20.0 Å². The van der Waals surface area contributed by atoms with Crippen molar-refractivity contribution in [2.75, 3.05) is 19.0 Å². The quantitative estimate of drug-likeness (QED) is 0.940. The molecule has 20 heavy (non-hydrogen) atoms. The average molecular weight is 290 g/mol. The Kier molecular flexibility index (Phi) is 3.81. The number of aryl methyl sites for hydroxylation is 1. The van der Waals surface area contributed by atoms with Crippen LogP contribution in [0.2, 0.25) is 0 Å². The highest BCUT2D eigenvalue weighted by Gasteiger charge is 2.21. The highest BCUT2D eigenvalue weighted by Crippen LogP contribution is 2.33. The van der Waals surface area contributed by atoms with Crippen LogP contribution in [0.25, 0.3) is 0 Å². The molecule has 2 heterocycles.